The fourth-order valence-electron chi connectivity index (χ4n) is 4.37. The van der Waals surface area contributed by atoms with Crippen molar-refractivity contribution in [2.45, 2.75) is 44.9 Å². The summed E-state index contributed by atoms with van der Waals surface area (Å²) in [6, 6.07) is 10.2. The number of amides is 2. The zero-order valence-electron chi connectivity index (χ0n) is 18.0. The van der Waals surface area contributed by atoms with Crippen LogP contribution in [0.1, 0.15) is 47.1 Å². The lowest BCUT2D eigenvalue weighted by atomic mass is 9.99. The summed E-state index contributed by atoms with van der Waals surface area (Å²) in [5.41, 5.74) is 7.72. The zero-order valence-corrected chi connectivity index (χ0v) is 19.7. The van der Waals surface area contributed by atoms with E-state index in [1.807, 2.05) is 47.5 Å². The Morgan fingerprint density at radius 1 is 1.06 bits per heavy atom. The van der Waals surface area contributed by atoms with Gasteiger partial charge in [0, 0.05) is 5.69 Å². The van der Waals surface area contributed by atoms with E-state index in [0.717, 1.165) is 61.5 Å². The quantitative estimate of drug-likeness (QED) is 0.348. The van der Waals surface area contributed by atoms with Gasteiger partial charge in [0.15, 0.2) is 0 Å². The van der Waals surface area contributed by atoms with Gasteiger partial charge in [-0.2, -0.15) is 11.8 Å². The average Bonchev–Trinajstić information content (AvgIpc) is 3.44. The van der Waals surface area contributed by atoms with Gasteiger partial charge in [-0.15, -0.1) is 0 Å². The van der Waals surface area contributed by atoms with Crippen molar-refractivity contribution in [3.63, 3.8) is 0 Å². The highest BCUT2D eigenvalue weighted by Crippen LogP contribution is 2.38. The number of carbonyl (C=O) groups is 1. The molecule has 2 aromatic carbocycles. The first kappa shape index (κ1) is 22.2. The van der Waals surface area contributed by atoms with E-state index < -0.39 is 0 Å². The van der Waals surface area contributed by atoms with Crippen LogP contribution in [0, 0.1) is 0 Å². The number of carbonyl (C=O) groups excluding carboxylic acids is 1. The molecule has 2 aliphatic rings. The molecule has 164 valence electrons. The van der Waals surface area contributed by atoms with E-state index in [1.54, 1.807) is 0 Å². The minimum absolute atomic E-state index is 0.155. The summed E-state index contributed by atoms with van der Waals surface area (Å²) >= 11 is 3.13. The minimum atomic E-state index is -0.155. The van der Waals surface area contributed by atoms with Crippen LogP contribution in [0.15, 0.2) is 35.7 Å². The molecule has 0 fully saturated rings. The number of ether oxygens (including phenoxy) is 1. The number of rotatable bonds is 9. The SMILES string of the molecule is CSCCCOc1ccc(/C=C/SNC(=O)Nc2c3c(cc4c2CCC4)CCC3)cc1. The number of hydrogen-bond donors (Lipinski definition) is 2. The summed E-state index contributed by atoms with van der Waals surface area (Å²) in [6.45, 7) is 0.749. The number of nitrogens with one attached hydrogen (secondary N) is 2. The molecule has 0 aromatic heterocycles. The van der Waals surface area contributed by atoms with E-state index in [2.05, 4.69) is 22.4 Å². The van der Waals surface area contributed by atoms with Crippen molar-refractivity contribution in [2.75, 3.05) is 23.9 Å². The van der Waals surface area contributed by atoms with Crippen LogP contribution in [0.25, 0.3) is 6.08 Å². The van der Waals surface area contributed by atoms with Crippen molar-refractivity contribution >= 4 is 41.5 Å². The van der Waals surface area contributed by atoms with Crippen LogP contribution in [0.4, 0.5) is 10.5 Å². The van der Waals surface area contributed by atoms with Gasteiger partial charge in [-0.3, -0.25) is 4.72 Å². The van der Waals surface area contributed by atoms with Gasteiger partial charge in [0.25, 0.3) is 0 Å². The normalized spacial score (nSPS) is 14.5. The van der Waals surface area contributed by atoms with Gasteiger partial charge < -0.3 is 10.1 Å². The highest BCUT2D eigenvalue weighted by atomic mass is 32.2. The van der Waals surface area contributed by atoms with Gasteiger partial charge in [-0.25, -0.2) is 4.79 Å². The van der Waals surface area contributed by atoms with E-state index >= 15 is 0 Å². The first-order chi connectivity index (χ1) is 15.2. The highest BCUT2D eigenvalue weighted by Gasteiger charge is 2.24. The standard InChI is InChI=1S/C25H30N2O2S2/c1-30-15-4-14-29-21-11-9-18(10-12-21)13-16-31-27-25(28)26-24-22-7-2-5-19(22)17-20-6-3-8-23(20)24/h9-13,16-17H,2-8,14-15H2,1H3,(H2,26,27,28)/b16-13+. The second-order valence-electron chi connectivity index (χ2n) is 7.97. The van der Waals surface area contributed by atoms with E-state index in [-0.39, 0.29) is 6.03 Å². The molecular weight excluding hydrogens is 424 g/mol. The third kappa shape index (κ3) is 5.80. The minimum Gasteiger partial charge on any atom is -0.494 e. The average molecular weight is 455 g/mol. The number of fused-ring (bicyclic) bond motifs is 2. The predicted octanol–water partition coefficient (Wildman–Crippen LogP) is 6.24. The molecular formula is C25H30N2O2S2. The van der Waals surface area contributed by atoms with Crippen molar-refractivity contribution in [1.29, 1.82) is 0 Å². The Hall–Kier alpha value is -2.05. The number of anilines is 1. The zero-order chi connectivity index (χ0) is 21.5. The number of urea groups is 1. The Kier molecular flexibility index (Phi) is 7.86. The summed E-state index contributed by atoms with van der Waals surface area (Å²) in [6.07, 6.45) is 11.9. The summed E-state index contributed by atoms with van der Waals surface area (Å²) in [7, 11) is 0. The molecule has 0 heterocycles. The molecule has 0 unspecified atom stereocenters. The molecule has 2 aromatic rings. The van der Waals surface area contributed by atoms with Gasteiger partial charge in [0.1, 0.15) is 5.75 Å². The van der Waals surface area contributed by atoms with Crippen LogP contribution in [-0.2, 0) is 25.7 Å². The summed E-state index contributed by atoms with van der Waals surface area (Å²) < 4.78 is 8.62. The Morgan fingerprint density at radius 2 is 1.77 bits per heavy atom. The third-order valence-electron chi connectivity index (χ3n) is 5.83. The highest BCUT2D eigenvalue weighted by molar-refractivity contribution is 8.00. The number of aryl methyl sites for hydroxylation is 2. The van der Waals surface area contributed by atoms with E-state index in [4.69, 9.17) is 4.74 Å². The van der Waals surface area contributed by atoms with Gasteiger partial charge >= 0.3 is 6.03 Å². The second kappa shape index (κ2) is 11.0. The van der Waals surface area contributed by atoms with Crippen LogP contribution >= 0.6 is 23.7 Å². The Morgan fingerprint density at radius 3 is 2.45 bits per heavy atom. The van der Waals surface area contributed by atoms with Crippen molar-refractivity contribution in [3.8, 4) is 5.75 Å². The first-order valence-corrected chi connectivity index (χ1v) is 13.3. The largest absolute Gasteiger partial charge is 0.494 e. The molecule has 0 radical (unpaired) electrons. The molecule has 0 atom stereocenters. The fraction of sp³-hybridized carbons (Fsp3) is 0.400. The summed E-state index contributed by atoms with van der Waals surface area (Å²) in [5, 5.41) is 5.05. The molecule has 0 saturated carbocycles. The third-order valence-corrected chi connectivity index (χ3v) is 7.11. The van der Waals surface area contributed by atoms with E-state index in [1.165, 1.54) is 47.0 Å². The maximum atomic E-state index is 12.5. The van der Waals surface area contributed by atoms with Crippen molar-refractivity contribution in [2.24, 2.45) is 0 Å². The lowest BCUT2D eigenvalue weighted by Crippen LogP contribution is -2.23. The molecule has 2 aliphatic carbocycles. The topological polar surface area (TPSA) is 50.4 Å². The molecule has 31 heavy (non-hydrogen) atoms. The van der Waals surface area contributed by atoms with E-state index in [0.29, 0.717) is 0 Å². The second-order valence-corrected chi connectivity index (χ2v) is 9.67. The lowest BCUT2D eigenvalue weighted by Gasteiger charge is -2.16. The van der Waals surface area contributed by atoms with Gasteiger partial charge in [0.05, 0.1) is 6.61 Å². The molecule has 6 heteroatoms. The molecule has 4 rings (SSSR count). The van der Waals surface area contributed by atoms with Crippen LogP contribution in [0.5, 0.6) is 5.75 Å². The molecule has 4 nitrogen and oxygen atoms in total. The molecule has 0 bridgehead atoms. The Bertz CT molecular complexity index is 909. The van der Waals surface area contributed by atoms with Crippen LogP contribution < -0.4 is 14.8 Å². The summed E-state index contributed by atoms with van der Waals surface area (Å²) in [4.78, 5) is 12.5. The number of hydrogen-bond acceptors (Lipinski definition) is 4. The van der Waals surface area contributed by atoms with Gasteiger partial charge in [-0.1, -0.05) is 18.2 Å². The number of benzene rings is 2. The molecule has 0 saturated heterocycles. The Labute approximate surface area is 193 Å². The Balaban J connectivity index is 1.26. The van der Waals surface area contributed by atoms with Gasteiger partial charge in [-0.05, 0) is 120 Å². The predicted molar refractivity (Wildman–Crippen MR) is 134 cm³/mol. The van der Waals surface area contributed by atoms with Crippen LogP contribution in [-0.4, -0.2) is 24.6 Å². The van der Waals surface area contributed by atoms with Crippen molar-refractivity contribution in [1.82, 2.24) is 4.72 Å². The monoisotopic (exact) mass is 454 g/mol. The van der Waals surface area contributed by atoms with Gasteiger partial charge in [0.2, 0.25) is 0 Å². The molecule has 2 amide bonds. The van der Waals surface area contributed by atoms with Crippen molar-refractivity contribution in [3.05, 3.63) is 63.6 Å². The smallest absolute Gasteiger partial charge is 0.329 e. The molecule has 2 N–H and O–H groups in total. The molecule has 0 spiro atoms. The maximum absolute atomic E-state index is 12.5. The lowest BCUT2D eigenvalue weighted by molar-refractivity contribution is 0.257. The fourth-order valence-corrected chi connectivity index (χ4v) is 5.23. The maximum Gasteiger partial charge on any atom is 0.329 e. The van der Waals surface area contributed by atoms with Crippen molar-refractivity contribution < 1.29 is 9.53 Å². The van der Waals surface area contributed by atoms with Crippen LogP contribution in [0.3, 0.4) is 0 Å². The summed E-state index contributed by atoms with van der Waals surface area (Å²) in [5.74, 6) is 2.01. The first-order valence-electron chi connectivity index (χ1n) is 11.0. The van der Waals surface area contributed by atoms with E-state index in [9.17, 15) is 4.79 Å². The molecule has 0 aliphatic heterocycles. The number of thioether (sulfide) groups is 1. The van der Waals surface area contributed by atoms with Crippen LogP contribution in [0.2, 0.25) is 0 Å².